The van der Waals surface area contributed by atoms with Gasteiger partial charge in [-0.25, -0.2) is 9.97 Å². The number of methoxy groups -OCH3 is 1. The van der Waals surface area contributed by atoms with Crippen LogP contribution in [-0.4, -0.2) is 21.6 Å². The van der Waals surface area contributed by atoms with Crippen LogP contribution in [0.1, 0.15) is 5.56 Å². The predicted molar refractivity (Wildman–Crippen MR) is 82.5 cm³/mol. The number of aryl methyl sites for hydroxylation is 1. The van der Waals surface area contributed by atoms with Crippen molar-refractivity contribution in [2.24, 2.45) is 0 Å². The zero-order valence-electron chi connectivity index (χ0n) is 11.9. The lowest BCUT2D eigenvalue weighted by atomic mass is 10.1. The van der Waals surface area contributed by atoms with Crippen LogP contribution >= 0.6 is 0 Å². The van der Waals surface area contributed by atoms with Crippen LogP contribution in [0.5, 0.6) is 5.75 Å². The van der Waals surface area contributed by atoms with Crippen LogP contribution in [-0.2, 0) is 0 Å². The molecule has 106 valence electrons. The van der Waals surface area contributed by atoms with Gasteiger partial charge in [-0.1, -0.05) is 0 Å². The van der Waals surface area contributed by atoms with Gasteiger partial charge in [0.1, 0.15) is 11.6 Å². The first-order valence-corrected chi connectivity index (χ1v) is 6.59. The molecule has 0 aliphatic rings. The lowest BCUT2D eigenvalue weighted by molar-refractivity contribution is 0.411. The first-order chi connectivity index (χ1) is 10.2. The SMILES string of the molecule is COc1ccc(-n2cncc2-c2cccnc2N)cc1C. The highest BCUT2D eigenvalue weighted by Gasteiger charge is 2.11. The Morgan fingerprint density at radius 3 is 2.81 bits per heavy atom. The molecule has 0 amide bonds. The summed E-state index contributed by atoms with van der Waals surface area (Å²) in [6.07, 6.45) is 5.23. The fraction of sp³-hybridized carbons (Fsp3) is 0.125. The molecule has 1 aromatic carbocycles. The Labute approximate surface area is 123 Å². The molecule has 2 N–H and O–H groups in total. The third-order valence-corrected chi connectivity index (χ3v) is 3.41. The molecule has 0 saturated carbocycles. The molecule has 3 rings (SSSR count). The zero-order chi connectivity index (χ0) is 14.8. The third-order valence-electron chi connectivity index (χ3n) is 3.41. The minimum atomic E-state index is 0.490. The maximum Gasteiger partial charge on any atom is 0.132 e. The average molecular weight is 280 g/mol. The van der Waals surface area contributed by atoms with Crippen molar-refractivity contribution in [3.63, 3.8) is 0 Å². The Morgan fingerprint density at radius 2 is 2.10 bits per heavy atom. The summed E-state index contributed by atoms with van der Waals surface area (Å²) in [5.41, 5.74) is 9.80. The number of aromatic nitrogens is 3. The Bertz CT molecular complexity index is 779. The van der Waals surface area contributed by atoms with Gasteiger partial charge in [-0.05, 0) is 42.8 Å². The molecule has 0 aliphatic carbocycles. The summed E-state index contributed by atoms with van der Waals surface area (Å²) < 4.78 is 7.28. The summed E-state index contributed by atoms with van der Waals surface area (Å²) in [6.45, 7) is 2.01. The van der Waals surface area contributed by atoms with E-state index in [1.54, 1.807) is 25.8 Å². The molecule has 0 saturated heterocycles. The van der Waals surface area contributed by atoms with E-state index in [1.807, 2.05) is 35.8 Å². The molecule has 5 nitrogen and oxygen atoms in total. The smallest absolute Gasteiger partial charge is 0.132 e. The van der Waals surface area contributed by atoms with Crippen molar-refractivity contribution in [2.75, 3.05) is 12.8 Å². The third kappa shape index (κ3) is 2.33. The quantitative estimate of drug-likeness (QED) is 0.801. The normalized spacial score (nSPS) is 10.6. The number of benzene rings is 1. The summed E-state index contributed by atoms with van der Waals surface area (Å²) in [5.74, 6) is 1.35. The fourth-order valence-electron chi connectivity index (χ4n) is 2.35. The van der Waals surface area contributed by atoms with Crippen molar-refractivity contribution in [2.45, 2.75) is 6.92 Å². The van der Waals surface area contributed by atoms with Gasteiger partial charge in [-0.15, -0.1) is 0 Å². The van der Waals surface area contributed by atoms with Gasteiger partial charge >= 0.3 is 0 Å². The Balaban J connectivity index is 2.11. The van der Waals surface area contributed by atoms with Crippen LogP contribution in [0.2, 0.25) is 0 Å². The molecule has 0 bridgehead atoms. The lowest BCUT2D eigenvalue weighted by Gasteiger charge is -2.12. The maximum absolute atomic E-state index is 5.96. The van der Waals surface area contributed by atoms with E-state index in [0.29, 0.717) is 5.82 Å². The van der Waals surface area contributed by atoms with Crippen LogP contribution in [0.3, 0.4) is 0 Å². The number of pyridine rings is 1. The average Bonchev–Trinajstić information content (AvgIpc) is 2.97. The number of hydrogen-bond donors (Lipinski definition) is 1. The van der Waals surface area contributed by atoms with E-state index in [9.17, 15) is 0 Å². The summed E-state index contributed by atoms with van der Waals surface area (Å²) >= 11 is 0. The summed E-state index contributed by atoms with van der Waals surface area (Å²) in [6, 6.07) is 9.79. The molecule has 0 radical (unpaired) electrons. The number of nitrogens with two attached hydrogens (primary N) is 1. The van der Waals surface area contributed by atoms with Crippen LogP contribution in [0, 0.1) is 6.92 Å². The second-order valence-electron chi connectivity index (χ2n) is 4.74. The Morgan fingerprint density at radius 1 is 1.24 bits per heavy atom. The molecule has 0 spiro atoms. The largest absolute Gasteiger partial charge is 0.496 e. The monoisotopic (exact) mass is 280 g/mol. The Hall–Kier alpha value is -2.82. The number of rotatable bonds is 3. The molecule has 0 fully saturated rings. The van der Waals surface area contributed by atoms with Gasteiger partial charge in [0.15, 0.2) is 0 Å². The molecular formula is C16H16N4O. The number of nitrogens with zero attached hydrogens (tertiary/aromatic N) is 3. The summed E-state index contributed by atoms with van der Waals surface area (Å²) in [5, 5.41) is 0. The molecule has 0 atom stereocenters. The Kier molecular flexibility index (Phi) is 3.31. The summed E-state index contributed by atoms with van der Waals surface area (Å²) in [4.78, 5) is 8.37. The van der Waals surface area contributed by atoms with Crippen molar-refractivity contribution < 1.29 is 4.74 Å². The topological polar surface area (TPSA) is 66.0 Å². The van der Waals surface area contributed by atoms with Gasteiger partial charge in [0.05, 0.1) is 25.3 Å². The van der Waals surface area contributed by atoms with Gasteiger partial charge in [0.25, 0.3) is 0 Å². The minimum Gasteiger partial charge on any atom is -0.496 e. The molecule has 21 heavy (non-hydrogen) atoms. The van der Waals surface area contributed by atoms with Crippen molar-refractivity contribution in [1.29, 1.82) is 0 Å². The molecule has 2 heterocycles. The molecule has 0 aliphatic heterocycles. The summed E-state index contributed by atoms with van der Waals surface area (Å²) in [7, 11) is 1.67. The van der Waals surface area contributed by atoms with E-state index in [2.05, 4.69) is 16.0 Å². The molecular weight excluding hydrogens is 264 g/mol. The van der Waals surface area contributed by atoms with Gasteiger partial charge in [-0.3, -0.25) is 4.57 Å². The number of anilines is 1. The number of hydrogen-bond acceptors (Lipinski definition) is 4. The van der Waals surface area contributed by atoms with E-state index in [0.717, 1.165) is 28.3 Å². The van der Waals surface area contributed by atoms with Crippen molar-refractivity contribution >= 4 is 5.82 Å². The molecule has 5 heteroatoms. The van der Waals surface area contributed by atoms with Gasteiger partial charge < -0.3 is 10.5 Å². The first kappa shape index (κ1) is 13.2. The highest BCUT2D eigenvalue weighted by Crippen LogP contribution is 2.28. The maximum atomic E-state index is 5.96. The van der Waals surface area contributed by atoms with Gasteiger partial charge in [-0.2, -0.15) is 0 Å². The molecule has 0 unspecified atom stereocenters. The lowest BCUT2D eigenvalue weighted by Crippen LogP contribution is -2.00. The van der Waals surface area contributed by atoms with E-state index in [-0.39, 0.29) is 0 Å². The first-order valence-electron chi connectivity index (χ1n) is 6.59. The number of ether oxygens (including phenoxy) is 1. The van der Waals surface area contributed by atoms with Crippen molar-refractivity contribution in [3.8, 4) is 22.7 Å². The van der Waals surface area contributed by atoms with Crippen LogP contribution in [0.4, 0.5) is 5.82 Å². The predicted octanol–water partition coefficient (Wildman–Crippen LogP) is 2.83. The molecule has 2 aromatic heterocycles. The fourth-order valence-corrected chi connectivity index (χ4v) is 2.35. The van der Waals surface area contributed by atoms with Crippen molar-refractivity contribution in [3.05, 3.63) is 54.6 Å². The standard InChI is InChI=1S/C16H16N4O/c1-11-8-12(5-6-15(11)21-2)20-10-18-9-14(20)13-4-3-7-19-16(13)17/h3-10H,1-2H3,(H2,17,19). The van der Waals surface area contributed by atoms with Crippen LogP contribution in [0.25, 0.3) is 16.9 Å². The second kappa shape index (κ2) is 5.28. The van der Waals surface area contributed by atoms with E-state index >= 15 is 0 Å². The second-order valence-corrected chi connectivity index (χ2v) is 4.74. The van der Waals surface area contributed by atoms with Crippen LogP contribution in [0.15, 0.2) is 49.1 Å². The van der Waals surface area contributed by atoms with Crippen LogP contribution < -0.4 is 10.5 Å². The van der Waals surface area contributed by atoms with Gasteiger partial charge in [0, 0.05) is 17.4 Å². The molecule has 3 aromatic rings. The minimum absolute atomic E-state index is 0.490. The van der Waals surface area contributed by atoms with Gasteiger partial charge in [0.2, 0.25) is 0 Å². The van der Waals surface area contributed by atoms with E-state index in [1.165, 1.54) is 0 Å². The number of imidazole rings is 1. The highest BCUT2D eigenvalue weighted by atomic mass is 16.5. The van der Waals surface area contributed by atoms with Crippen molar-refractivity contribution in [1.82, 2.24) is 14.5 Å². The van der Waals surface area contributed by atoms with E-state index < -0.39 is 0 Å². The van der Waals surface area contributed by atoms with E-state index in [4.69, 9.17) is 10.5 Å². The zero-order valence-corrected chi connectivity index (χ0v) is 11.9. The number of nitrogen functional groups attached to an aromatic ring is 1. The highest BCUT2D eigenvalue weighted by molar-refractivity contribution is 5.72.